The van der Waals surface area contributed by atoms with Gasteiger partial charge in [-0.2, -0.15) is 0 Å². The van der Waals surface area contributed by atoms with Crippen LogP contribution >= 0.6 is 0 Å². The van der Waals surface area contributed by atoms with Crippen molar-refractivity contribution in [1.82, 2.24) is 4.90 Å². The van der Waals surface area contributed by atoms with Gasteiger partial charge in [0.2, 0.25) is 0 Å². The van der Waals surface area contributed by atoms with Crippen LogP contribution in [-0.4, -0.2) is 36.3 Å². The Kier molecular flexibility index (Phi) is 4.02. The maximum Gasteiger partial charge on any atom is 0.410 e. The van der Waals surface area contributed by atoms with Crippen molar-refractivity contribution < 1.29 is 14.3 Å². The van der Waals surface area contributed by atoms with Crippen molar-refractivity contribution >= 4 is 6.09 Å². The van der Waals surface area contributed by atoms with E-state index in [4.69, 9.17) is 9.47 Å². The molecule has 4 heteroatoms. The van der Waals surface area contributed by atoms with Crippen LogP contribution in [0.5, 0.6) is 0 Å². The highest BCUT2D eigenvalue weighted by Crippen LogP contribution is 2.38. The first-order valence-corrected chi connectivity index (χ1v) is 8.12. The minimum Gasteiger partial charge on any atom is -0.493 e. The summed E-state index contributed by atoms with van der Waals surface area (Å²) >= 11 is 0. The highest BCUT2D eigenvalue weighted by atomic mass is 16.6. The van der Waals surface area contributed by atoms with Crippen molar-refractivity contribution in [3.8, 4) is 0 Å². The maximum absolute atomic E-state index is 12.3. The van der Waals surface area contributed by atoms with Gasteiger partial charge in [0, 0.05) is 19.0 Å². The number of fused-ring (bicyclic) bond motifs is 2. The zero-order chi connectivity index (χ0) is 15.7. The largest absolute Gasteiger partial charge is 0.493 e. The summed E-state index contributed by atoms with van der Waals surface area (Å²) in [4.78, 5) is 14.2. The highest BCUT2D eigenvalue weighted by Gasteiger charge is 2.40. The van der Waals surface area contributed by atoms with Gasteiger partial charge in [0.1, 0.15) is 11.4 Å². The molecule has 2 aliphatic heterocycles. The molecule has 1 fully saturated rings. The quantitative estimate of drug-likeness (QED) is 0.685. The van der Waals surface area contributed by atoms with Crippen molar-refractivity contribution in [2.24, 2.45) is 11.8 Å². The van der Waals surface area contributed by atoms with Crippen LogP contribution in [0.4, 0.5) is 4.79 Å². The van der Waals surface area contributed by atoms with E-state index in [-0.39, 0.29) is 6.09 Å². The smallest absolute Gasteiger partial charge is 0.410 e. The van der Waals surface area contributed by atoms with Gasteiger partial charge in [0.25, 0.3) is 0 Å². The van der Waals surface area contributed by atoms with E-state index in [1.54, 1.807) is 0 Å². The van der Waals surface area contributed by atoms with E-state index < -0.39 is 5.60 Å². The van der Waals surface area contributed by atoms with E-state index in [2.05, 4.69) is 24.3 Å². The number of allylic oxidation sites excluding steroid dienone is 4. The molecule has 2 heterocycles. The van der Waals surface area contributed by atoms with Gasteiger partial charge in [-0.05, 0) is 51.2 Å². The molecule has 0 N–H and O–H groups in total. The third-order valence-electron chi connectivity index (χ3n) is 4.36. The van der Waals surface area contributed by atoms with Gasteiger partial charge >= 0.3 is 6.09 Å². The summed E-state index contributed by atoms with van der Waals surface area (Å²) in [7, 11) is 0. The number of ether oxygens (including phenoxy) is 2. The summed E-state index contributed by atoms with van der Waals surface area (Å²) in [6, 6.07) is 0. The van der Waals surface area contributed by atoms with Crippen LogP contribution in [0, 0.1) is 11.8 Å². The number of nitrogens with zero attached hydrogens (tertiary/aromatic N) is 1. The van der Waals surface area contributed by atoms with Gasteiger partial charge in [-0.25, -0.2) is 4.79 Å². The highest BCUT2D eigenvalue weighted by molar-refractivity contribution is 5.68. The van der Waals surface area contributed by atoms with Crippen molar-refractivity contribution in [3.05, 3.63) is 35.6 Å². The summed E-state index contributed by atoms with van der Waals surface area (Å²) in [5.74, 6) is 1.78. The molecule has 0 spiro atoms. The van der Waals surface area contributed by atoms with Crippen LogP contribution in [0.25, 0.3) is 0 Å². The Balaban J connectivity index is 1.79. The van der Waals surface area contributed by atoms with Crippen LogP contribution in [0.15, 0.2) is 35.6 Å². The molecule has 22 heavy (non-hydrogen) atoms. The lowest BCUT2D eigenvalue weighted by atomic mass is 9.86. The van der Waals surface area contributed by atoms with Crippen molar-refractivity contribution in [2.75, 3.05) is 19.7 Å². The fraction of sp³-hybridized carbons (Fsp3) is 0.611. The molecular weight excluding hydrogens is 278 g/mol. The molecule has 4 nitrogen and oxygen atoms in total. The van der Waals surface area contributed by atoms with Crippen molar-refractivity contribution in [1.29, 1.82) is 0 Å². The lowest BCUT2D eigenvalue weighted by Gasteiger charge is -2.24. The number of likely N-dealkylation sites (tertiary alicyclic amines) is 1. The Bertz CT molecular complexity index is 539. The Morgan fingerprint density at radius 2 is 2.05 bits per heavy atom. The molecule has 0 radical (unpaired) electrons. The number of hydrogen-bond acceptors (Lipinski definition) is 3. The lowest BCUT2D eigenvalue weighted by molar-refractivity contribution is 0.0282. The third-order valence-corrected chi connectivity index (χ3v) is 4.36. The van der Waals surface area contributed by atoms with Gasteiger partial charge in [-0.15, -0.1) is 0 Å². The normalized spacial score (nSPS) is 27.7. The van der Waals surface area contributed by atoms with Crippen molar-refractivity contribution in [2.45, 2.75) is 39.2 Å². The Hall–Kier alpha value is -1.71. The van der Waals surface area contributed by atoms with Gasteiger partial charge in [0.15, 0.2) is 0 Å². The van der Waals surface area contributed by atoms with E-state index in [1.807, 2.05) is 25.7 Å². The fourth-order valence-electron chi connectivity index (χ4n) is 3.38. The third kappa shape index (κ3) is 3.21. The number of hydrogen-bond donors (Lipinski definition) is 0. The average Bonchev–Trinajstić information content (AvgIpc) is 2.61. The van der Waals surface area contributed by atoms with Crippen LogP contribution in [0.3, 0.4) is 0 Å². The first-order valence-electron chi connectivity index (χ1n) is 8.12. The summed E-state index contributed by atoms with van der Waals surface area (Å²) in [6.45, 7) is 7.93. The van der Waals surface area contributed by atoms with E-state index in [0.717, 1.165) is 38.3 Å². The molecule has 3 aliphatic rings. The molecule has 0 aromatic rings. The zero-order valence-corrected chi connectivity index (χ0v) is 13.7. The monoisotopic (exact) mass is 303 g/mol. The minimum absolute atomic E-state index is 0.197. The predicted molar refractivity (Wildman–Crippen MR) is 85.3 cm³/mol. The van der Waals surface area contributed by atoms with E-state index in [9.17, 15) is 4.79 Å². The van der Waals surface area contributed by atoms with Crippen LogP contribution in [-0.2, 0) is 9.47 Å². The van der Waals surface area contributed by atoms with Crippen LogP contribution in [0.1, 0.15) is 33.6 Å². The van der Waals surface area contributed by atoms with Crippen LogP contribution in [0.2, 0.25) is 0 Å². The molecule has 2 atom stereocenters. The van der Waals surface area contributed by atoms with E-state index >= 15 is 0 Å². The second kappa shape index (κ2) is 5.82. The molecule has 1 amide bonds. The van der Waals surface area contributed by atoms with E-state index in [0.29, 0.717) is 11.8 Å². The minimum atomic E-state index is -0.444. The summed E-state index contributed by atoms with van der Waals surface area (Å²) in [5, 5.41) is 0. The predicted octanol–water partition coefficient (Wildman–Crippen LogP) is 3.66. The van der Waals surface area contributed by atoms with Gasteiger partial charge in [0.05, 0.1) is 6.61 Å². The number of amides is 1. The molecule has 2 unspecified atom stereocenters. The van der Waals surface area contributed by atoms with Gasteiger partial charge < -0.3 is 14.4 Å². The number of carbonyl (C=O) groups is 1. The molecule has 3 rings (SSSR count). The molecule has 0 bridgehead atoms. The Labute approximate surface area is 132 Å². The average molecular weight is 303 g/mol. The molecule has 1 aliphatic carbocycles. The molecule has 1 saturated heterocycles. The molecular formula is C18H25NO3. The standard InChI is InChI=1S/C18H25NO3/c1-18(2,3)22-17(20)19-11-13-9-10-21-16-8-6-4-5-7-14(16)15(13)12-19/h5-8,13,15H,4,9-12H2,1-3H3. The topological polar surface area (TPSA) is 38.8 Å². The summed E-state index contributed by atoms with van der Waals surface area (Å²) in [6.07, 6.45) is 10.3. The SMILES string of the molecule is CC(C)(C)OC(=O)N1CC2CCOC3=C(C=CCC=C3)C2C1. The second-order valence-electron chi connectivity index (χ2n) is 7.25. The number of carbonyl (C=O) groups excluding carboxylic acids is 1. The maximum atomic E-state index is 12.3. The summed E-state index contributed by atoms with van der Waals surface area (Å²) < 4.78 is 11.4. The Morgan fingerprint density at radius 3 is 2.82 bits per heavy atom. The fourth-order valence-corrected chi connectivity index (χ4v) is 3.38. The summed E-state index contributed by atoms with van der Waals surface area (Å²) in [5.41, 5.74) is 0.794. The van der Waals surface area contributed by atoms with Gasteiger partial charge in [-0.1, -0.05) is 18.2 Å². The molecule has 0 aromatic heterocycles. The van der Waals surface area contributed by atoms with Crippen LogP contribution < -0.4 is 0 Å². The van der Waals surface area contributed by atoms with Crippen molar-refractivity contribution in [3.63, 3.8) is 0 Å². The molecule has 0 aromatic carbocycles. The molecule has 0 saturated carbocycles. The van der Waals surface area contributed by atoms with Gasteiger partial charge in [-0.3, -0.25) is 0 Å². The Morgan fingerprint density at radius 1 is 1.27 bits per heavy atom. The van der Waals surface area contributed by atoms with E-state index in [1.165, 1.54) is 5.57 Å². The number of rotatable bonds is 0. The lowest BCUT2D eigenvalue weighted by Crippen LogP contribution is -2.35. The first-order chi connectivity index (χ1) is 10.4. The second-order valence-corrected chi connectivity index (χ2v) is 7.25. The first kappa shape index (κ1) is 15.2. The molecule has 120 valence electrons. The zero-order valence-electron chi connectivity index (χ0n) is 13.7.